The van der Waals surface area contributed by atoms with E-state index in [4.69, 9.17) is 5.14 Å². The molecule has 2 N–H and O–H groups in total. The number of hydrogen-bond acceptors (Lipinski definition) is 1. The number of nitrogens with zero attached hydrogens (tertiary/aromatic N) is 1. The van der Waals surface area contributed by atoms with Crippen molar-refractivity contribution in [2.24, 2.45) is 5.14 Å². The van der Waals surface area contributed by atoms with Gasteiger partial charge in [-0.3, -0.25) is 5.14 Å². The van der Waals surface area contributed by atoms with Crippen LogP contribution in [0.1, 0.15) is 57.1 Å². The third kappa shape index (κ3) is 3.73. The fourth-order valence-electron chi connectivity index (χ4n) is 3.47. The van der Waals surface area contributed by atoms with Gasteiger partial charge in [0.25, 0.3) is 0 Å². The molecule has 0 amide bonds. The molecule has 3 nitrogen and oxygen atoms in total. The minimum atomic E-state index is -4.44. The van der Waals surface area contributed by atoms with E-state index in [2.05, 4.69) is 15.9 Å². The summed E-state index contributed by atoms with van der Waals surface area (Å²) >= 11 is 3.42. The van der Waals surface area contributed by atoms with Crippen LogP contribution in [-0.4, -0.2) is 19.7 Å². The van der Waals surface area contributed by atoms with Gasteiger partial charge < -0.3 is 4.57 Å². The summed E-state index contributed by atoms with van der Waals surface area (Å²) < 4.78 is 55.3. The molecule has 1 fully saturated rings. The first kappa shape index (κ1) is 19.9. The van der Waals surface area contributed by atoms with Crippen LogP contribution in [0, 0.1) is 0 Å². The number of alkyl halides is 3. The Kier molecular flexibility index (Phi) is 5.31. The van der Waals surface area contributed by atoms with E-state index in [1.54, 1.807) is 18.3 Å². The first-order chi connectivity index (χ1) is 12.0. The zero-order valence-corrected chi connectivity index (χ0v) is 17.0. The summed E-state index contributed by atoms with van der Waals surface area (Å²) in [7, 11) is -1.85. The molecule has 144 valence electrons. The zero-order valence-electron chi connectivity index (χ0n) is 14.6. The van der Waals surface area contributed by atoms with E-state index in [0.717, 1.165) is 29.3 Å². The van der Waals surface area contributed by atoms with Crippen molar-refractivity contribution in [1.82, 2.24) is 4.57 Å². The molecule has 1 heterocycles. The Morgan fingerprint density at radius 3 is 2.50 bits per heavy atom. The van der Waals surface area contributed by atoms with Gasteiger partial charge in [0.05, 0.1) is 21.7 Å². The molecule has 1 aliphatic rings. The molecule has 0 radical (unpaired) electrons. The Labute approximate surface area is 161 Å². The normalized spacial score (nSPS) is 18.7. The number of halogens is 4. The Hall–Kier alpha value is -0.860. The number of hydrogen-bond donors (Lipinski definition) is 1. The predicted octanol–water partition coefficient (Wildman–Crippen LogP) is 5.57. The molecular formula is C18H22BrF3N2OS. The molecule has 0 spiro atoms. The molecule has 2 aromatic rings. The second kappa shape index (κ2) is 6.95. The first-order valence-electron chi connectivity index (χ1n) is 8.53. The lowest BCUT2D eigenvalue weighted by atomic mass is 9.89. The third-order valence-corrected chi connectivity index (χ3v) is 7.06. The van der Waals surface area contributed by atoms with Gasteiger partial charge in [0.2, 0.25) is 0 Å². The van der Waals surface area contributed by atoms with Crippen molar-refractivity contribution in [3.05, 3.63) is 34.4 Å². The number of nitrogens with two attached hydrogens (primary N) is 1. The molecule has 1 aromatic carbocycles. The van der Waals surface area contributed by atoms with Crippen molar-refractivity contribution < 1.29 is 17.4 Å². The quantitative estimate of drug-likeness (QED) is 0.635. The maximum absolute atomic E-state index is 14.0. The molecular weight excluding hydrogens is 429 g/mol. The summed E-state index contributed by atoms with van der Waals surface area (Å²) in [6.07, 6.45) is -0.0679. The van der Waals surface area contributed by atoms with Crippen LogP contribution < -0.4 is 5.14 Å². The van der Waals surface area contributed by atoms with Crippen molar-refractivity contribution in [3.63, 3.8) is 0 Å². The Balaban J connectivity index is 2.15. The Morgan fingerprint density at radius 1 is 1.35 bits per heavy atom. The lowest BCUT2D eigenvalue weighted by molar-refractivity contribution is -0.152. The second-order valence-corrected chi connectivity index (χ2v) is 10.2. The molecule has 8 heteroatoms. The van der Waals surface area contributed by atoms with Gasteiger partial charge in [-0.05, 0) is 57.2 Å². The summed E-state index contributed by atoms with van der Waals surface area (Å²) in [5.41, 5.74) is 1.05. The van der Waals surface area contributed by atoms with Crippen molar-refractivity contribution in [2.45, 2.75) is 62.4 Å². The maximum atomic E-state index is 14.0. The second-order valence-electron chi connectivity index (χ2n) is 7.59. The molecule has 26 heavy (non-hydrogen) atoms. The van der Waals surface area contributed by atoms with Crippen LogP contribution in [0.3, 0.4) is 0 Å². The molecule has 0 aliphatic heterocycles. The minimum absolute atomic E-state index is 0.241. The van der Waals surface area contributed by atoms with Crippen LogP contribution in [-0.2, 0) is 11.0 Å². The van der Waals surface area contributed by atoms with Gasteiger partial charge in [0, 0.05) is 27.6 Å². The SMILES string of the molecule is CC(C)(C[C@@H](c1cn(C2CCC2)c2cc(Br)ccc12)C(F)(F)F)S(N)=O. The van der Waals surface area contributed by atoms with Gasteiger partial charge in [-0.2, -0.15) is 13.2 Å². The maximum Gasteiger partial charge on any atom is 0.395 e. The standard InChI is InChI=1S/C18H22BrF3N2OS/c1-17(2,26(23)25)9-15(18(20,21)22)14-10-24(12-4-3-5-12)16-8-11(19)6-7-13(14)16/h6-8,10,12,15H,3-5,9,23H2,1-2H3/t15-,26?/m0/s1. The first-order valence-corrected chi connectivity index (χ1v) is 10.5. The molecule has 0 saturated heterocycles. The van der Waals surface area contributed by atoms with Crippen LogP contribution in [0.2, 0.25) is 0 Å². The largest absolute Gasteiger partial charge is 0.395 e. The Morgan fingerprint density at radius 2 is 2.00 bits per heavy atom. The van der Waals surface area contributed by atoms with Crippen LogP contribution in [0.15, 0.2) is 28.9 Å². The molecule has 1 unspecified atom stereocenters. The highest BCUT2D eigenvalue weighted by molar-refractivity contribution is 9.10. The smallest absolute Gasteiger partial charge is 0.344 e. The number of benzene rings is 1. The summed E-state index contributed by atoms with van der Waals surface area (Å²) in [6, 6.07) is 5.61. The summed E-state index contributed by atoms with van der Waals surface area (Å²) in [4.78, 5) is 0. The van der Waals surface area contributed by atoms with Gasteiger partial charge in [0.1, 0.15) is 0 Å². The predicted molar refractivity (Wildman–Crippen MR) is 102 cm³/mol. The van der Waals surface area contributed by atoms with Gasteiger partial charge in [-0.1, -0.05) is 22.0 Å². The molecule has 0 bridgehead atoms. The van der Waals surface area contributed by atoms with Gasteiger partial charge in [0.15, 0.2) is 0 Å². The Bertz CT molecular complexity index is 843. The van der Waals surface area contributed by atoms with Crippen molar-refractivity contribution >= 4 is 37.8 Å². The van der Waals surface area contributed by atoms with Crippen LogP contribution in [0.5, 0.6) is 0 Å². The molecule has 1 aliphatic carbocycles. The highest BCUT2D eigenvalue weighted by atomic mass is 79.9. The van der Waals surface area contributed by atoms with Crippen molar-refractivity contribution in [1.29, 1.82) is 0 Å². The van der Waals surface area contributed by atoms with E-state index >= 15 is 0 Å². The summed E-state index contributed by atoms with van der Waals surface area (Å²) in [5, 5.41) is 6.05. The topological polar surface area (TPSA) is 48.0 Å². The van der Waals surface area contributed by atoms with E-state index in [1.807, 2.05) is 10.6 Å². The highest BCUT2D eigenvalue weighted by Gasteiger charge is 2.46. The fraction of sp³-hybridized carbons (Fsp3) is 0.556. The van der Waals surface area contributed by atoms with Crippen molar-refractivity contribution in [2.75, 3.05) is 0 Å². The van der Waals surface area contributed by atoms with Crippen LogP contribution in [0.4, 0.5) is 13.2 Å². The average Bonchev–Trinajstić information content (AvgIpc) is 2.80. The van der Waals surface area contributed by atoms with Crippen molar-refractivity contribution in [3.8, 4) is 0 Å². The summed E-state index contributed by atoms with van der Waals surface area (Å²) in [5.74, 6) is -1.71. The van der Waals surface area contributed by atoms with E-state index in [-0.39, 0.29) is 18.0 Å². The number of aromatic nitrogens is 1. The van der Waals surface area contributed by atoms with Gasteiger partial charge in [-0.25, -0.2) is 4.21 Å². The lowest BCUT2D eigenvalue weighted by Gasteiger charge is -2.29. The van der Waals surface area contributed by atoms with E-state index in [1.165, 1.54) is 13.8 Å². The van der Waals surface area contributed by atoms with E-state index < -0.39 is 27.8 Å². The van der Waals surface area contributed by atoms with Gasteiger partial charge in [-0.15, -0.1) is 0 Å². The van der Waals surface area contributed by atoms with E-state index in [0.29, 0.717) is 5.39 Å². The van der Waals surface area contributed by atoms with Crippen LogP contribution >= 0.6 is 15.9 Å². The minimum Gasteiger partial charge on any atom is -0.344 e. The van der Waals surface area contributed by atoms with Gasteiger partial charge >= 0.3 is 6.18 Å². The zero-order chi connectivity index (χ0) is 19.3. The highest BCUT2D eigenvalue weighted by Crippen LogP contribution is 2.46. The number of rotatable bonds is 5. The third-order valence-electron chi connectivity index (χ3n) is 5.31. The van der Waals surface area contributed by atoms with E-state index in [9.17, 15) is 17.4 Å². The molecule has 3 rings (SSSR count). The molecule has 1 saturated carbocycles. The lowest BCUT2D eigenvalue weighted by Crippen LogP contribution is -2.37. The monoisotopic (exact) mass is 450 g/mol. The molecule has 2 atom stereocenters. The fourth-order valence-corrected chi connectivity index (χ4v) is 4.15. The van der Waals surface area contributed by atoms with Crippen LogP contribution in [0.25, 0.3) is 10.9 Å². The molecule has 1 aromatic heterocycles. The summed E-state index contributed by atoms with van der Waals surface area (Å²) in [6.45, 7) is 3.03. The number of fused-ring (bicyclic) bond motifs is 1. The average molecular weight is 451 g/mol.